The van der Waals surface area contributed by atoms with E-state index in [2.05, 4.69) is 30.6 Å². The maximum absolute atomic E-state index is 13.3. The molecule has 0 unspecified atom stereocenters. The van der Waals surface area contributed by atoms with Crippen molar-refractivity contribution in [3.63, 3.8) is 0 Å². The number of amides is 2. The van der Waals surface area contributed by atoms with Crippen LogP contribution in [0.1, 0.15) is 52.5 Å². The summed E-state index contributed by atoms with van der Waals surface area (Å²) in [6, 6.07) is 5.96. The molecule has 2 amide bonds. The number of piperazine rings is 1. The molecule has 7 heteroatoms. The fraction of sp³-hybridized carbons (Fsp3) is 0.667. The van der Waals surface area contributed by atoms with E-state index >= 15 is 0 Å². The molecule has 2 saturated heterocycles. The Hall–Kier alpha value is -1.30. The van der Waals surface area contributed by atoms with Crippen molar-refractivity contribution in [1.29, 1.82) is 0 Å². The quantitative estimate of drug-likeness (QED) is 0.644. The summed E-state index contributed by atoms with van der Waals surface area (Å²) in [5.74, 6) is 0.768. The zero-order valence-corrected chi connectivity index (χ0v) is 20.7. The molecule has 0 bridgehead atoms. The third-order valence-electron chi connectivity index (χ3n) is 6.70. The van der Waals surface area contributed by atoms with Gasteiger partial charge in [-0.25, -0.2) is 0 Å². The van der Waals surface area contributed by atoms with Crippen molar-refractivity contribution in [2.24, 2.45) is 11.3 Å². The number of halogens is 2. The van der Waals surface area contributed by atoms with Crippen LogP contribution in [0, 0.1) is 11.3 Å². The SMILES string of the molecule is CC(=O)N1CCC(CC(=O)N2CCN(Cc3ccc(Cl)c(Cl)c3)C[C@@H]2C(C)(C)C)CC1. The largest absolute Gasteiger partial charge is 0.343 e. The number of rotatable bonds is 4. The lowest BCUT2D eigenvalue weighted by Gasteiger charge is -2.48. The molecule has 2 aliphatic rings. The third-order valence-corrected chi connectivity index (χ3v) is 7.44. The topological polar surface area (TPSA) is 43.9 Å². The van der Waals surface area contributed by atoms with Gasteiger partial charge in [-0.2, -0.15) is 0 Å². The van der Waals surface area contributed by atoms with Crippen LogP contribution in [0.5, 0.6) is 0 Å². The third kappa shape index (κ3) is 6.36. The predicted molar refractivity (Wildman–Crippen MR) is 126 cm³/mol. The van der Waals surface area contributed by atoms with E-state index in [9.17, 15) is 9.59 Å². The van der Waals surface area contributed by atoms with Crippen molar-refractivity contribution in [1.82, 2.24) is 14.7 Å². The van der Waals surface area contributed by atoms with Crippen LogP contribution in [0.2, 0.25) is 10.0 Å². The van der Waals surface area contributed by atoms with Gasteiger partial charge in [0, 0.05) is 58.7 Å². The molecule has 3 rings (SSSR count). The number of likely N-dealkylation sites (tertiary alicyclic amines) is 1. The van der Waals surface area contributed by atoms with Gasteiger partial charge in [-0.1, -0.05) is 50.0 Å². The molecule has 2 heterocycles. The molecule has 0 aliphatic carbocycles. The average molecular weight is 468 g/mol. The van der Waals surface area contributed by atoms with E-state index in [4.69, 9.17) is 23.2 Å². The summed E-state index contributed by atoms with van der Waals surface area (Å²) in [4.78, 5) is 31.2. The summed E-state index contributed by atoms with van der Waals surface area (Å²) in [7, 11) is 0. The highest BCUT2D eigenvalue weighted by atomic mass is 35.5. The number of carbonyl (C=O) groups is 2. The van der Waals surface area contributed by atoms with Gasteiger partial charge in [0.2, 0.25) is 11.8 Å². The molecular weight excluding hydrogens is 433 g/mol. The summed E-state index contributed by atoms with van der Waals surface area (Å²) in [5, 5.41) is 1.15. The predicted octanol–water partition coefficient (Wildman–Crippen LogP) is 4.70. The van der Waals surface area contributed by atoms with E-state index in [-0.39, 0.29) is 23.3 Å². The molecule has 172 valence electrons. The van der Waals surface area contributed by atoms with Crippen LogP contribution in [0.15, 0.2) is 18.2 Å². The Morgan fingerprint density at radius 1 is 1.03 bits per heavy atom. The molecule has 5 nitrogen and oxygen atoms in total. The first-order valence-corrected chi connectivity index (χ1v) is 12.0. The van der Waals surface area contributed by atoms with Crippen LogP contribution >= 0.6 is 23.2 Å². The van der Waals surface area contributed by atoms with E-state index in [0.717, 1.165) is 57.7 Å². The Kier molecular flexibility index (Phi) is 7.93. The summed E-state index contributed by atoms with van der Waals surface area (Å²) < 4.78 is 0. The molecule has 31 heavy (non-hydrogen) atoms. The first-order valence-electron chi connectivity index (χ1n) is 11.3. The smallest absolute Gasteiger partial charge is 0.223 e. The maximum Gasteiger partial charge on any atom is 0.223 e. The minimum absolute atomic E-state index is 0.00996. The first kappa shape index (κ1) is 24.3. The molecule has 0 spiro atoms. The second-order valence-corrected chi connectivity index (χ2v) is 10.9. The van der Waals surface area contributed by atoms with Gasteiger partial charge in [0.05, 0.1) is 10.0 Å². The van der Waals surface area contributed by atoms with Crippen molar-refractivity contribution in [3.05, 3.63) is 33.8 Å². The molecule has 1 atom stereocenters. The Morgan fingerprint density at radius 3 is 2.29 bits per heavy atom. The number of hydrogen-bond donors (Lipinski definition) is 0. The summed E-state index contributed by atoms with van der Waals surface area (Å²) in [6.07, 6.45) is 2.43. The second kappa shape index (κ2) is 10.1. The zero-order chi connectivity index (χ0) is 22.8. The van der Waals surface area contributed by atoms with E-state index in [0.29, 0.717) is 22.4 Å². The lowest BCUT2D eigenvalue weighted by Crippen LogP contribution is -2.59. The molecule has 0 N–H and O–H groups in total. The minimum Gasteiger partial charge on any atom is -0.343 e. The molecule has 1 aromatic carbocycles. The Balaban J connectivity index is 1.61. The maximum atomic E-state index is 13.3. The van der Waals surface area contributed by atoms with Crippen LogP contribution in [0.3, 0.4) is 0 Å². The fourth-order valence-corrected chi connectivity index (χ4v) is 5.06. The van der Waals surface area contributed by atoms with Crippen LogP contribution in [0.4, 0.5) is 0 Å². The van der Waals surface area contributed by atoms with Crippen molar-refractivity contribution in [3.8, 4) is 0 Å². The summed E-state index contributed by atoms with van der Waals surface area (Å²) >= 11 is 12.2. The second-order valence-electron chi connectivity index (χ2n) is 10.1. The van der Waals surface area contributed by atoms with Gasteiger partial charge in [-0.05, 0) is 41.9 Å². The normalized spacial score (nSPS) is 21.4. The van der Waals surface area contributed by atoms with Crippen LogP contribution in [-0.4, -0.2) is 65.3 Å². The monoisotopic (exact) mass is 467 g/mol. The molecular formula is C24H35Cl2N3O2. The van der Waals surface area contributed by atoms with Crippen LogP contribution in [0.25, 0.3) is 0 Å². The first-order chi connectivity index (χ1) is 14.5. The Labute approximate surface area is 196 Å². The number of benzene rings is 1. The van der Waals surface area contributed by atoms with Crippen LogP contribution < -0.4 is 0 Å². The van der Waals surface area contributed by atoms with Gasteiger partial charge in [0.15, 0.2) is 0 Å². The lowest BCUT2D eigenvalue weighted by molar-refractivity contribution is -0.141. The van der Waals surface area contributed by atoms with Crippen LogP contribution in [-0.2, 0) is 16.1 Å². The molecule has 0 radical (unpaired) electrons. The van der Waals surface area contributed by atoms with Crippen molar-refractivity contribution in [2.75, 3.05) is 32.7 Å². The fourth-order valence-electron chi connectivity index (χ4n) is 4.74. The van der Waals surface area contributed by atoms with Gasteiger partial charge < -0.3 is 9.80 Å². The number of carbonyl (C=O) groups excluding carboxylic acids is 2. The molecule has 2 aliphatic heterocycles. The Bertz CT molecular complexity index is 801. The van der Waals surface area contributed by atoms with Gasteiger partial charge in [0.1, 0.15) is 0 Å². The standard InChI is InChI=1S/C24H35Cl2N3O2/c1-17(30)28-9-7-18(8-10-28)14-23(31)29-12-11-27(16-22(29)24(2,3)4)15-19-5-6-20(25)21(26)13-19/h5-6,13,18,22H,7-12,14-16H2,1-4H3/t22-/m1/s1. The van der Waals surface area contributed by atoms with Gasteiger partial charge >= 0.3 is 0 Å². The average Bonchev–Trinajstić information content (AvgIpc) is 2.70. The minimum atomic E-state index is -0.00996. The number of piperidine rings is 1. The van der Waals surface area contributed by atoms with Crippen molar-refractivity contribution >= 4 is 35.0 Å². The highest BCUT2D eigenvalue weighted by Gasteiger charge is 2.38. The van der Waals surface area contributed by atoms with Gasteiger partial charge in [-0.15, -0.1) is 0 Å². The highest BCUT2D eigenvalue weighted by molar-refractivity contribution is 6.42. The zero-order valence-electron chi connectivity index (χ0n) is 19.2. The van der Waals surface area contributed by atoms with Gasteiger partial charge in [-0.3, -0.25) is 14.5 Å². The van der Waals surface area contributed by atoms with Gasteiger partial charge in [0.25, 0.3) is 0 Å². The summed E-state index contributed by atoms with van der Waals surface area (Å²) in [6.45, 7) is 13.0. The Morgan fingerprint density at radius 2 is 1.71 bits per heavy atom. The molecule has 0 saturated carbocycles. The lowest BCUT2D eigenvalue weighted by atomic mass is 9.83. The van der Waals surface area contributed by atoms with Crippen molar-refractivity contribution in [2.45, 2.75) is 59.5 Å². The number of hydrogen-bond acceptors (Lipinski definition) is 3. The number of nitrogens with zero attached hydrogens (tertiary/aromatic N) is 3. The van der Waals surface area contributed by atoms with E-state index in [1.165, 1.54) is 0 Å². The highest BCUT2D eigenvalue weighted by Crippen LogP contribution is 2.31. The van der Waals surface area contributed by atoms with E-state index in [1.807, 2.05) is 23.1 Å². The van der Waals surface area contributed by atoms with E-state index < -0.39 is 0 Å². The molecule has 0 aromatic heterocycles. The van der Waals surface area contributed by atoms with Crippen molar-refractivity contribution < 1.29 is 9.59 Å². The van der Waals surface area contributed by atoms with E-state index in [1.54, 1.807) is 6.92 Å². The molecule has 1 aromatic rings. The summed E-state index contributed by atoms with van der Waals surface area (Å²) in [5.41, 5.74) is 1.13. The molecule has 2 fully saturated rings.